The van der Waals surface area contributed by atoms with Crippen LogP contribution in [0, 0.1) is 12.8 Å². The van der Waals surface area contributed by atoms with Crippen LogP contribution in [0.1, 0.15) is 41.4 Å². The minimum atomic E-state index is 0.818. The summed E-state index contributed by atoms with van der Waals surface area (Å²) in [4.78, 5) is 4.85. The van der Waals surface area contributed by atoms with Crippen LogP contribution in [0.3, 0.4) is 0 Å². The van der Waals surface area contributed by atoms with E-state index in [4.69, 9.17) is 4.98 Å². The molecule has 0 aliphatic heterocycles. The summed E-state index contributed by atoms with van der Waals surface area (Å²) >= 11 is 0. The molecule has 1 aromatic heterocycles. The van der Waals surface area contributed by atoms with Crippen molar-refractivity contribution < 1.29 is 0 Å². The van der Waals surface area contributed by atoms with Crippen molar-refractivity contribution in [1.29, 1.82) is 0 Å². The van der Waals surface area contributed by atoms with Crippen molar-refractivity contribution in [3.8, 4) is 0 Å². The zero-order valence-corrected chi connectivity index (χ0v) is 9.06. The van der Waals surface area contributed by atoms with Crippen molar-refractivity contribution in [2.45, 2.75) is 46.0 Å². The Hall–Kier alpha value is -0.850. The molecular weight excluding hydrogens is 170 g/mol. The summed E-state index contributed by atoms with van der Waals surface area (Å²) < 4.78 is 0. The second kappa shape index (κ2) is 2.82. The Balaban J connectivity index is 2.19. The van der Waals surface area contributed by atoms with E-state index in [0.717, 1.165) is 5.92 Å². The summed E-state index contributed by atoms with van der Waals surface area (Å²) in [6.45, 7) is 4.65. The molecule has 0 amide bonds. The fourth-order valence-corrected chi connectivity index (χ4v) is 3.07. The van der Waals surface area contributed by atoms with Gasteiger partial charge in [0.15, 0.2) is 0 Å². The molecule has 1 nitrogen and oxygen atoms in total. The SMILES string of the molecule is Cc1c2c(nc3c1CC(C)C3)CCC2. The summed E-state index contributed by atoms with van der Waals surface area (Å²) in [6.07, 6.45) is 6.29. The van der Waals surface area contributed by atoms with E-state index in [0.29, 0.717) is 0 Å². The molecule has 74 valence electrons. The topological polar surface area (TPSA) is 12.9 Å². The Kier molecular flexibility index (Phi) is 1.70. The smallest absolute Gasteiger partial charge is 0.0444 e. The van der Waals surface area contributed by atoms with Crippen LogP contribution in [0.4, 0.5) is 0 Å². The number of aryl methyl sites for hydroxylation is 1. The molecule has 3 rings (SSSR count). The van der Waals surface area contributed by atoms with Crippen LogP contribution >= 0.6 is 0 Å². The molecule has 1 heteroatoms. The quantitative estimate of drug-likeness (QED) is 0.608. The first-order valence-corrected chi connectivity index (χ1v) is 5.76. The average Bonchev–Trinajstić information content (AvgIpc) is 2.71. The van der Waals surface area contributed by atoms with Gasteiger partial charge < -0.3 is 0 Å². The maximum atomic E-state index is 4.85. The Morgan fingerprint density at radius 2 is 1.93 bits per heavy atom. The minimum absolute atomic E-state index is 0.818. The predicted octanol–water partition coefficient (Wildman–Crippen LogP) is 2.61. The predicted molar refractivity (Wildman–Crippen MR) is 57.6 cm³/mol. The monoisotopic (exact) mass is 187 g/mol. The van der Waals surface area contributed by atoms with E-state index in [1.807, 2.05) is 0 Å². The molecule has 0 saturated heterocycles. The highest BCUT2D eigenvalue weighted by Crippen LogP contribution is 2.33. The van der Waals surface area contributed by atoms with Gasteiger partial charge in [0.05, 0.1) is 0 Å². The molecule has 2 aliphatic rings. The van der Waals surface area contributed by atoms with Crippen molar-refractivity contribution in [1.82, 2.24) is 4.98 Å². The van der Waals surface area contributed by atoms with Gasteiger partial charge in [-0.05, 0) is 61.6 Å². The van der Waals surface area contributed by atoms with E-state index in [9.17, 15) is 0 Å². The number of rotatable bonds is 0. The van der Waals surface area contributed by atoms with Crippen molar-refractivity contribution in [3.63, 3.8) is 0 Å². The third-order valence-electron chi connectivity index (χ3n) is 3.81. The lowest BCUT2D eigenvalue weighted by Gasteiger charge is -2.09. The summed E-state index contributed by atoms with van der Waals surface area (Å²) in [5.41, 5.74) is 7.56. The van der Waals surface area contributed by atoms with E-state index in [-0.39, 0.29) is 0 Å². The molecule has 0 bridgehead atoms. The fourth-order valence-electron chi connectivity index (χ4n) is 3.07. The van der Waals surface area contributed by atoms with Crippen LogP contribution in [0.5, 0.6) is 0 Å². The van der Waals surface area contributed by atoms with Gasteiger partial charge in [0.25, 0.3) is 0 Å². The number of pyridine rings is 1. The molecule has 0 saturated carbocycles. The number of nitrogens with zero attached hydrogens (tertiary/aromatic N) is 1. The van der Waals surface area contributed by atoms with Crippen LogP contribution in [0.25, 0.3) is 0 Å². The molecule has 2 aliphatic carbocycles. The van der Waals surface area contributed by atoms with Gasteiger partial charge in [0, 0.05) is 11.4 Å². The molecular formula is C13H17N. The largest absolute Gasteiger partial charge is 0.257 e. The molecule has 1 unspecified atom stereocenters. The third-order valence-corrected chi connectivity index (χ3v) is 3.81. The number of aromatic nitrogens is 1. The molecule has 0 spiro atoms. The molecule has 1 aromatic rings. The first kappa shape index (κ1) is 8.46. The zero-order chi connectivity index (χ0) is 9.71. The molecule has 0 aromatic carbocycles. The maximum absolute atomic E-state index is 4.85. The van der Waals surface area contributed by atoms with E-state index >= 15 is 0 Å². The highest BCUT2D eigenvalue weighted by atomic mass is 14.7. The van der Waals surface area contributed by atoms with Crippen molar-refractivity contribution >= 4 is 0 Å². The highest BCUT2D eigenvalue weighted by Gasteiger charge is 2.26. The maximum Gasteiger partial charge on any atom is 0.0444 e. The van der Waals surface area contributed by atoms with Gasteiger partial charge in [0.2, 0.25) is 0 Å². The zero-order valence-electron chi connectivity index (χ0n) is 9.06. The average molecular weight is 187 g/mol. The summed E-state index contributed by atoms with van der Waals surface area (Å²) in [5.74, 6) is 0.818. The third kappa shape index (κ3) is 1.05. The molecule has 0 fully saturated rings. The van der Waals surface area contributed by atoms with Crippen LogP contribution in [-0.4, -0.2) is 4.98 Å². The van der Waals surface area contributed by atoms with Crippen molar-refractivity contribution in [2.24, 2.45) is 5.92 Å². The Morgan fingerprint density at radius 1 is 1.07 bits per heavy atom. The van der Waals surface area contributed by atoms with Gasteiger partial charge in [-0.25, -0.2) is 0 Å². The van der Waals surface area contributed by atoms with Gasteiger partial charge in [0.1, 0.15) is 0 Å². The highest BCUT2D eigenvalue weighted by molar-refractivity contribution is 5.44. The fraction of sp³-hybridized carbons (Fsp3) is 0.615. The lowest BCUT2D eigenvalue weighted by molar-refractivity contribution is 0.622. The number of hydrogen-bond acceptors (Lipinski definition) is 1. The van der Waals surface area contributed by atoms with Crippen molar-refractivity contribution in [3.05, 3.63) is 28.1 Å². The van der Waals surface area contributed by atoms with Gasteiger partial charge in [-0.2, -0.15) is 0 Å². The summed E-state index contributed by atoms with van der Waals surface area (Å²) in [6, 6.07) is 0. The summed E-state index contributed by atoms with van der Waals surface area (Å²) in [5, 5.41) is 0. The standard InChI is InChI=1S/C13H17N/c1-8-6-11-9(2)10-4-3-5-12(10)14-13(11)7-8/h8H,3-7H2,1-2H3. The lowest BCUT2D eigenvalue weighted by Crippen LogP contribution is -2.00. The van der Waals surface area contributed by atoms with E-state index < -0.39 is 0 Å². The second-order valence-electron chi connectivity index (χ2n) is 4.95. The lowest BCUT2D eigenvalue weighted by atomic mass is 10.0. The van der Waals surface area contributed by atoms with Crippen LogP contribution < -0.4 is 0 Å². The molecule has 0 radical (unpaired) electrons. The first-order chi connectivity index (χ1) is 6.75. The van der Waals surface area contributed by atoms with E-state index in [1.54, 1.807) is 16.7 Å². The van der Waals surface area contributed by atoms with Gasteiger partial charge in [-0.3, -0.25) is 4.98 Å². The summed E-state index contributed by atoms with van der Waals surface area (Å²) in [7, 11) is 0. The Morgan fingerprint density at radius 3 is 2.79 bits per heavy atom. The first-order valence-electron chi connectivity index (χ1n) is 5.76. The number of fused-ring (bicyclic) bond motifs is 2. The van der Waals surface area contributed by atoms with Gasteiger partial charge >= 0.3 is 0 Å². The van der Waals surface area contributed by atoms with E-state index in [1.165, 1.54) is 43.5 Å². The molecule has 1 heterocycles. The van der Waals surface area contributed by atoms with Crippen LogP contribution in [0.15, 0.2) is 0 Å². The van der Waals surface area contributed by atoms with E-state index in [2.05, 4.69) is 13.8 Å². The normalized spacial score (nSPS) is 23.7. The van der Waals surface area contributed by atoms with Crippen molar-refractivity contribution in [2.75, 3.05) is 0 Å². The molecule has 1 atom stereocenters. The van der Waals surface area contributed by atoms with Crippen LogP contribution in [-0.2, 0) is 25.7 Å². The van der Waals surface area contributed by atoms with Crippen LogP contribution in [0.2, 0.25) is 0 Å². The Labute approximate surface area is 85.6 Å². The van der Waals surface area contributed by atoms with Gasteiger partial charge in [-0.1, -0.05) is 6.92 Å². The minimum Gasteiger partial charge on any atom is -0.257 e. The molecule has 0 N–H and O–H groups in total. The number of hydrogen-bond donors (Lipinski definition) is 0. The Bertz CT molecular complexity index is 393. The second-order valence-corrected chi connectivity index (χ2v) is 4.95. The molecule has 14 heavy (non-hydrogen) atoms. The van der Waals surface area contributed by atoms with Gasteiger partial charge in [-0.15, -0.1) is 0 Å².